The highest BCUT2D eigenvalue weighted by Crippen LogP contribution is 2.26. The molecule has 0 aliphatic rings. The summed E-state index contributed by atoms with van der Waals surface area (Å²) in [6, 6.07) is 9.72. The Labute approximate surface area is 139 Å². The number of hydrogen-bond acceptors (Lipinski definition) is 3. The van der Waals surface area contributed by atoms with E-state index in [1.165, 1.54) is 24.3 Å². The zero-order valence-electron chi connectivity index (χ0n) is 12.6. The summed E-state index contributed by atoms with van der Waals surface area (Å²) in [4.78, 5) is 0. The fourth-order valence-corrected chi connectivity index (χ4v) is 2.12. The smallest absolute Gasteiger partial charge is 0.406 e. The molecule has 2 aromatic rings. The van der Waals surface area contributed by atoms with E-state index in [-0.39, 0.29) is 17.9 Å². The molecule has 0 saturated carbocycles. The fourth-order valence-electron chi connectivity index (χ4n) is 2.12. The molecule has 2 aromatic carbocycles. The molecule has 0 aliphatic heterocycles. The second kappa shape index (κ2) is 7.22. The maximum absolute atomic E-state index is 12.1. The summed E-state index contributed by atoms with van der Waals surface area (Å²) in [5, 5.41) is 0. The summed E-state index contributed by atoms with van der Waals surface area (Å²) in [5.74, 6) is -0.712. The Morgan fingerprint density at radius 3 is 1.52 bits per heavy atom. The van der Waals surface area contributed by atoms with E-state index in [4.69, 9.17) is 5.73 Å². The summed E-state index contributed by atoms with van der Waals surface area (Å²) < 4.78 is 80.1. The van der Waals surface area contributed by atoms with Gasteiger partial charge in [-0.25, -0.2) is 0 Å². The molecule has 0 radical (unpaired) electrons. The number of alkyl halides is 6. The number of halogens is 6. The monoisotopic (exact) mass is 365 g/mol. The third kappa shape index (κ3) is 6.54. The van der Waals surface area contributed by atoms with Gasteiger partial charge in [0.15, 0.2) is 0 Å². The van der Waals surface area contributed by atoms with Gasteiger partial charge < -0.3 is 15.2 Å². The predicted molar refractivity (Wildman–Crippen MR) is 76.9 cm³/mol. The van der Waals surface area contributed by atoms with Crippen molar-refractivity contribution in [3.05, 3.63) is 59.7 Å². The standard InChI is InChI=1S/C16H13F6NO2/c17-15(18,19)24-12-5-1-10(2-6-12)9-14(23)11-3-7-13(8-4-11)25-16(20,21)22/h1-8,14H,9,23H2/t14-/m0/s1. The summed E-state index contributed by atoms with van der Waals surface area (Å²) in [6.45, 7) is 0. The second-order valence-electron chi connectivity index (χ2n) is 5.12. The van der Waals surface area contributed by atoms with Crippen molar-refractivity contribution >= 4 is 0 Å². The van der Waals surface area contributed by atoms with Crippen molar-refractivity contribution in [1.82, 2.24) is 0 Å². The van der Waals surface area contributed by atoms with E-state index < -0.39 is 18.8 Å². The van der Waals surface area contributed by atoms with Gasteiger partial charge in [-0.15, -0.1) is 26.3 Å². The van der Waals surface area contributed by atoms with Gasteiger partial charge in [0.05, 0.1) is 0 Å². The molecule has 0 saturated heterocycles. The predicted octanol–water partition coefficient (Wildman–Crippen LogP) is 4.73. The van der Waals surface area contributed by atoms with Crippen LogP contribution in [0, 0.1) is 0 Å². The lowest BCUT2D eigenvalue weighted by molar-refractivity contribution is -0.275. The highest BCUT2D eigenvalue weighted by molar-refractivity contribution is 5.32. The Morgan fingerprint density at radius 1 is 0.720 bits per heavy atom. The molecule has 0 aliphatic carbocycles. The lowest BCUT2D eigenvalue weighted by atomic mass is 9.99. The van der Waals surface area contributed by atoms with Crippen molar-refractivity contribution < 1.29 is 35.8 Å². The minimum absolute atomic E-state index is 0.284. The van der Waals surface area contributed by atoms with Gasteiger partial charge >= 0.3 is 12.7 Å². The largest absolute Gasteiger partial charge is 0.573 e. The molecule has 0 aromatic heterocycles. The van der Waals surface area contributed by atoms with Crippen LogP contribution in [-0.4, -0.2) is 12.7 Å². The Kier molecular flexibility index (Phi) is 5.46. The van der Waals surface area contributed by atoms with Gasteiger partial charge in [-0.3, -0.25) is 0 Å². The fraction of sp³-hybridized carbons (Fsp3) is 0.250. The molecule has 0 fully saturated rings. The average molecular weight is 365 g/mol. The van der Waals surface area contributed by atoms with Crippen LogP contribution in [-0.2, 0) is 6.42 Å². The summed E-state index contributed by atoms with van der Waals surface area (Å²) >= 11 is 0. The van der Waals surface area contributed by atoms with Crippen molar-refractivity contribution in [2.24, 2.45) is 5.73 Å². The van der Waals surface area contributed by atoms with Gasteiger partial charge in [0.1, 0.15) is 11.5 Å². The van der Waals surface area contributed by atoms with Crippen LogP contribution in [0.3, 0.4) is 0 Å². The van der Waals surface area contributed by atoms with Gasteiger partial charge in [-0.2, -0.15) is 0 Å². The van der Waals surface area contributed by atoms with E-state index in [2.05, 4.69) is 9.47 Å². The van der Waals surface area contributed by atoms with Crippen LogP contribution in [0.1, 0.15) is 17.2 Å². The third-order valence-corrected chi connectivity index (χ3v) is 3.15. The third-order valence-electron chi connectivity index (χ3n) is 3.15. The molecule has 0 spiro atoms. The highest BCUT2D eigenvalue weighted by atomic mass is 19.4. The molecule has 0 heterocycles. The minimum Gasteiger partial charge on any atom is -0.406 e. The summed E-state index contributed by atoms with van der Waals surface area (Å²) in [6.07, 6.45) is -9.26. The highest BCUT2D eigenvalue weighted by Gasteiger charge is 2.31. The van der Waals surface area contributed by atoms with E-state index in [1.54, 1.807) is 0 Å². The van der Waals surface area contributed by atoms with Crippen molar-refractivity contribution in [3.63, 3.8) is 0 Å². The second-order valence-corrected chi connectivity index (χ2v) is 5.12. The molecular formula is C16H13F6NO2. The van der Waals surface area contributed by atoms with E-state index in [0.717, 1.165) is 24.3 Å². The first-order valence-electron chi connectivity index (χ1n) is 6.98. The summed E-state index contributed by atoms with van der Waals surface area (Å²) in [5.41, 5.74) is 7.18. The molecule has 2 N–H and O–H groups in total. The van der Waals surface area contributed by atoms with Crippen LogP contribution in [0.5, 0.6) is 11.5 Å². The molecule has 25 heavy (non-hydrogen) atoms. The normalized spacial score (nSPS) is 13.4. The molecule has 2 rings (SSSR count). The van der Waals surface area contributed by atoms with Gasteiger partial charge in [-0.05, 0) is 41.8 Å². The molecular weight excluding hydrogens is 352 g/mol. The summed E-state index contributed by atoms with van der Waals surface area (Å²) in [7, 11) is 0. The average Bonchev–Trinajstić information content (AvgIpc) is 2.47. The van der Waals surface area contributed by atoms with Crippen LogP contribution in [0.4, 0.5) is 26.3 Å². The first kappa shape index (κ1) is 18.9. The van der Waals surface area contributed by atoms with Crippen molar-refractivity contribution in [1.29, 1.82) is 0 Å². The topological polar surface area (TPSA) is 44.5 Å². The van der Waals surface area contributed by atoms with E-state index in [0.29, 0.717) is 11.1 Å². The number of rotatable bonds is 5. The van der Waals surface area contributed by atoms with Crippen molar-refractivity contribution in [2.75, 3.05) is 0 Å². The minimum atomic E-state index is -4.77. The molecule has 0 bridgehead atoms. The van der Waals surface area contributed by atoms with E-state index in [1.807, 2.05) is 0 Å². The first-order valence-corrected chi connectivity index (χ1v) is 6.98. The Morgan fingerprint density at radius 2 is 1.12 bits per heavy atom. The Balaban J connectivity index is 1.98. The lowest BCUT2D eigenvalue weighted by Gasteiger charge is -2.14. The van der Waals surface area contributed by atoms with Gasteiger partial charge in [-0.1, -0.05) is 24.3 Å². The lowest BCUT2D eigenvalue weighted by Crippen LogP contribution is -2.18. The van der Waals surface area contributed by atoms with Crippen molar-refractivity contribution in [2.45, 2.75) is 25.2 Å². The maximum Gasteiger partial charge on any atom is 0.573 e. The molecule has 0 unspecified atom stereocenters. The van der Waals surface area contributed by atoms with Crippen LogP contribution in [0.25, 0.3) is 0 Å². The van der Waals surface area contributed by atoms with Crippen LogP contribution in [0.15, 0.2) is 48.5 Å². The number of ether oxygens (including phenoxy) is 2. The van der Waals surface area contributed by atoms with Gasteiger partial charge in [0, 0.05) is 6.04 Å². The van der Waals surface area contributed by atoms with Crippen LogP contribution in [0.2, 0.25) is 0 Å². The van der Waals surface area contributed by atoms with Crippen molar-refractivity contribution in [3.8, 4) is 11.5 Å². The van der Waals surface area contributed by atoms with Crippen LogP contribution >= 0.6 is 0 Å². The van der Waals surface area contributed by atoms with Gasteiger partial charge in [0.2, 0.25) is 0 Å². The molecule has 9 heteroatoms. The Hall–Kier alpha value is -2.42. The van der Waals surface area contributed by atoms with Crippen LogP contribution < -0.4 is 15.2 Å². The van der Waals surface area contributed by atoms with E-state index >= 15 is 0 Å². The number of benzene rings is 2. The Bertz CT molecular complexity index is 680. The SMILES string of the molecule is N[C@@H](Cc1ccc(OC(F)(F)F)cc1)c1ccc(OC(F)(F)F)cc1. The number of nitrogens with two attached hydrogens (primary N) is 1. The van der Waals surface area contributed by atoms with E-state index in [9.17, 15) is 26.3 Å². The number of hydrogen-bond donors (Lipinski definition) is 1. The maximum atomic E-state index is 12.1. The molecule has 0 amide bonds. The zero-order valence-corrected chi connectivity index (χ0v) is 12.6. The zero-order chi connectivity index (χ0) is 18.7. The molecule has 1 atom stereocenters. The quantitative estimate of drug-likeness (QED) is 0.780. The first-order chi connectivity index (χ1) is 11.5. The van der Waals surface area contributed by atoms with Gasteiger partial charge in [0.25, 0.3) is 0 Å². The molecule has 136 valence electrons. The molecule has 3 nitrogen and oxygen atoms in total.